The van der Waals surface area contributed by atoms with E-state index in [1.165, 1.54) is 11.1 Å². The Hall–Kier alpha value is -1.83. The molecular weight excluding hydrogens is 439 g/mol. The summed E-state index contributed by atoms with van der Waals surface area (Å²) in [5.41, 5.74) is 4.67. The summed E-state index contributed by atoms with van der Waals surface area (Å²) in [4.78, 5) is 8.58. The Morgan fingerprint density at radius 1 is 1.04 bits per heavy atom. The summed E-state index contributed by atoms with van der Waals surface area (Å²) >= 11 is 0. The van der Waals surface area contributed by atoms with Crippen molar-refractivity contribution in [2.45, 2.75) is 26.7 Å². The number of halogens is 1. The average molecular weight is 468 g/mol. The molecule has 0 unspecified atom stereocenters. The molecule has 1 aromatic heterocycles. The van der Waals surface area contributed by atoms with Gasteiger partial charge < -0.3 is 15.4 Å². The van der Waals surface area contributed by atoms with Gasteiger partial charge in [-0.15, -0.1) is 24.0 Å². The number of benzene rings is 1. The fourth-order valence-corrected chi connectivity index (χ4v) is 2.54. The summed E-state index contributed by atoms with van der Waals surface area (Å²) in [6, 6.07) is 10.5. The van der Waals surface area contributed by atoms with E-state index in [1.807, 2.05) is 19.2 Å². The van der Waals surface area contributed by atoms with Crippen molar-refractivity contribution >= 4 is 29.9 Å². The minimum Gasteiger partial charge on any atom is -0.496 e. The van der Waals surface area contributed by atoms with Crippen LogP contribution >= 0.6 is 24.0 Å². The fraction of sp³-hybridized carbons (Fsp3) is 0.400. The van der Waals surface area contributed by atoms with E-state index in [4.69, 9.17) is 4.74 Å². The van der Waals surface area contributed by atoms with Crippen molar-refractivity contribution in [2.24, 2.45) is 4.99 Å². The maximum atomic E-state index is 5.38. The number of hydrogen-bond donors (Lipinski definition) is 2. The number of rotatable bonds is 7. The quantitative estimate of drug-likeness (QED) is 0.372. The van der Waals surface area contributed by atoms with Crippen molar-refractivity contribution in [3.05, 3.63) is 58.9 Å². The van der Waals surface area contributed by atoms with Gasteiger partial charge in [0.1, 0.15) is 5.75 Å². The van der Waals surface area contributed by atoms with Crippen LogP contribution in [0.25, 0.3) is 0 Å². The van der Waals surface area contributed by atoms with E-state index in [1.54, 1.807) is 14.2 Å². The van der Waals surface area contributed by atoms with Crippen molar-refractivity contribution in [2.75, 3.05) is 27.2 Å². The number of hydrogen-bond acceptors (Lipinski definition) is 3. The molecule has 0 fully saturated rings. The standard InChI is InChI=1S/C20H28N4O.HI/c1-15-5-7-17(13-19(15)25-4)9-11-22-20(21-3)23-12-10-18-8-6-16(2)24-14-18;/h5-8,13-14H,9-12H2,1-4H3,(H2,21,22,23);1H. The van der Waals surface area contributed by atoms with Gasteiger partial charge >= 0.3 is 0 Å². The lowest BCUT2D eigenvalue weighted by Crippen LogP contribution is -2.39. The van der Waals surface area contributed by atoms with Crippen LogP contribution < -0.4 is 15.4 Å². The first-order valence-electron chi connectivity index (χ1n) is 8.62. The van der Waals surface area contributed by atoms with Crippen molar-refractivity contribution in [3.63, 3.8) is 0 Å². The molecule has 26 heavy (non-hydrogen) atoms. The molecule has 0 amide bonds. The highest BCUT2D eigenvalue weighted by Crippen LogP contribution is 2.18. The lowest BCUT2D eigenvalue weighted by molar-refractivity contribution is 0.411. The monoisotopic (exact) mass is 468 g/mol. The summed E-state index contributed by atoms with van der Waals surface area (Å²) in [5.74, 6) is 1.76. The minimum atomic E-state index is 0. The van der Waals surface area contributed by atoms with Crippen LogP contribution in [0.2, 0.25) is 0 Å². The molecule has 5 nitrogen and oxygen atoms in total. The van der Waals surface area contributed by atoms with Gasteiger partial charge in [0.2, 0.25) is 0 Å². The highest BCUT2D eigenvalue weighted by Gasteiger charge is 2.02. The second kappa shape index (κ2) is 11.7. The molecular formula is C20H29IN4O. The van der Waals surface area contributed by atoms with Crippen molar-refractivity contribution in [1.29, 1.82) is 0 Å². The van der Waals surface area contributed by atoms with E-state index >= 15 is 0 Å². The molecule has 0 spiro atoms. The molecule has 0 radical (unpaired) electrons. The number of nitrogens with zero attached hydrogens (tertiary/aromatic N) is 2. The van der Waals surface area contributed by atoms with E-state index < -0.39 is 0 Å². The number of aryl methyl sites for hydroxylation is 2. The lowest BCUT2D eigenvalue weighted by atomic mass is 10.1. The van der Waals surface area contributed by atoms with E-state index in [0.29, 0.717) is 0 Å². The number of ether oxygens (including phenoxy) is 1. The topological polar surface area (TPSA) is 58.5 Å². The summed E-state index contributed by atoms with van der Waals surface area (Å²) in [6.07, 6.45) is 3.76. The maximum absolute atomic E-state index is 5.38. The zero-order chi connectivity index (χ0) is 18.1. The van der Waals surface area contributed by atoms with Gasteiger partial charge in [0, 0.05) is 32.0 Å². The van der Waals surface area contributed by atoms with Crippen molar-refractivity contribution in [1.82, 2.24) is 15.6 Å². The summed E-state index contributed by atoms with van der Waals surface area (Å²) in [7, 11) is 3.50. The van der Waals surface area contributed by atoms with Gasteiger partial charge in [-0.05, 0) is 55.5 Å². The van der Waals surface area contributed by atoms with Gasteiger partial charge in [0.05, 0.1) is 7.11 Å². The van der Waals surface area contributed by atoms with Crippen molar-refractivity contribution in [3.8, 4) is 5.75 Å². The molecule has 1 aromatic carbocycles. The SMILES string of the molecule is CN=C(NCCc1ccc(C)nc1)NCCc1ccc(C)c(OC)c1.I. The van der Waals surface area contributed by atoms with Crippen LogP contribution in [0.5, 0.6) is 5.75 Å². The third-order valence-electron chi connectivity index (χ3n) is 4.08. The Bertz CT molecular complexity index is 701. The molecule has 0 aliphatic rings. The maximum Gasteiger partial charge on any atom is 0.190 e. The van der Waals surface area contributed by atoms with E-state index in [0.717, 1.165) is 48.9 Å². The second-order valence-corrected chi connectivity index (χ2v) is 6.04. The Kier molecular flexibility index (Phi) is 10.0. The number of methoxy groups -OCH3 is 1. The van der Waals surface area contributed by atoms with Crippen LogP contribution in [-0.2, 0) is 12.8 Å². The number of aliphatic imine (C=N–C) groups is 1. The van der Waals surface area contributed by atoms with Crippen LogP contribution in [-0.4, -0.2) is 38.2 Å². The van der Waals surface area contributed by atoms with E-state index in [9.17, 15) is 0 Å². The van der Waals surface area contributed by atoms with Gasteiger partial charge in [0.15, 0.2) is 5.96 Å². The third-order valence-corrected chi connectivity index (χ3v) is 4.08. The van der Waals surface area contributed by atoms with E-state index in [2.05, 4.69) is 51.8 Å². The minimum absolute atomic E-state index is 0. The molecule has 0 saturated carbocycles. The number of nitrogens with one attached hydrogen (secondary N) is 2. The molecule has 2 aromatic rings. The van der Waals surface area contributed by atoms with Crippen LogP contribution in [0.1, 0.15) is 22.4 Å². The highest BCUT2D eigenvalue weighted by atomic mass is 127. The van der Waals surface area contributed by atoms with Crippen LogP contribution in [0.15, 0.2) is 41.5 Å². The predicted molar refractivity (Wildman–Crippen MR) is 119 cm³/mol. The first-order chi connectivity index (χ1) is 12.1. The highest BCUT2D eigenvalue weighted by molar-refractivity contribution is 14.0. The van der Waals surface area contributed by atoms with Gasteiger partial charge in [-0.2, -0.15) is 0 Å². The molecule has 6 heteroatoms. The Morgan fingerprint density at radius 3 is 2.27 bits per heavy atom. The number of pyridine rings is 1. The lowest BCUT2D eigenvalue weighted by Gasteiger charge is -2.12. The summed E-state index contributed by atoms with van der Waals surface area (Å²) in [5, 5.41) is 6.68. The van der Waals surface area contributed by atoms with E-state index in [-0.39, 0.29) is 24.0 Å². The Morgan fingerprint density at radius 2 is 1.69 bits per heavy atom. The molecule has 0 aliphatic carbocycles. The fourth-order valence-electron chi connectivity index (χ4n) is 2.54. The largest absolute Gasteiger partial charge is 0.496 e. The molecule has 0 atom stereocenters. The molecule has 0 saturated heterocycles. The first kappa shape index (κ1) is 22.2. The van der Waals surface area contributed by atoms with Crippen LogP contribution in [0.3, 0.4) is 0 Å². The van der Waals surface area contributed by atoms with Gasteiger partial charge in [0.25, 0.3) is 0 Å². The zero-order valence-corrected chi connectivity index (χ0v) is 18.3. The van der Waals surface area contributed by atoms with Crippen LogP contribution in [0, 0.1) is 13.8 Å². The normalized spacial score (nSPS) is 10.8. The number of aromatic nitrogens is 1. The van der Waals surface area contributed by atoms with Gasteiger partial charge in [-0.3, -0.25) is 9.98 Å². The van der Waals surface area contributed by atoms with Gasteiger partial charge in [-0.25, -0.2) is 0 Å². The molecule has 2 N–H and O–H groups in total. The molecule has 142 valence electrons. The predicted octanol–water partition coefficient (Wildman–Crippen LogP) is 3.28. The zero-order valence-electron chi connectivity index (χ0n) is 16.0. The molecule has 2 rings (SSSR count). The van der Waals surface area contributed by atoms with Crippen molar-refractivity contribution < 1.29 is 4.74 Å². The van der Waals surface area contributed by atoms with Crippen LogP contribution in [0.4, 0.5) is 0 Å². The summed E-state index contributed by atoms with van der Waals surface area (Å²) in [6.45, 7) is 5.69. The average Bonchev–Trinajstić information content (AvgIpc) is 2.63. The molecule has 1 heterocycles. The van der Waals surface area contributed by atoms with Gasteiger partial charge in [-0.1, -0.05) is 18.2 Å². The number of guanidine groups is 1. The molecule has 0 bridgehead atoms. The third kappa shape index (κ3) is 7.19. The Balaban J connectivity index is 0.00000338. The Labute approximate surface area is 173 Å². The molecule has 0 aliphatic heterocycles. The summed E-state index contributed by atoms with van der Waals surface area (Å²) < 4.78 is 5.38. The smallest absolute Gasteiger partial charge is 0.190 e. The second-order valence-electron chi connectivity index (χ2n) is 6.04. The first-order valence-corrected chi connectivity index (χ1v) is 8.62.